The fraction of sp³-hybridized carbons (Fsp3) is 0.182. The van der Waals surface area contributed by atoms with Gasteiger partial charge in [-0.1, -0.05) is 12.1 Å². The molecule has 0 saturated carbocycles. The van der Waals surface area contributed by atoms with Crippen LogP contribution in [-0.2, 0) is 0 Å². The molecule has 0 unspecified atom stereocenters. The summed E-state index contributed by atoms with van der Waals surface area (Å²) in [6, 6.07) is 6.61. The Morgan fingerprint density at radius 1 is 1.39 bits per heavy atom. The van der Waals surface area contributed by atoms with Crippen LogP contribution in [0.15, 0.2) is 33.5 Å². The zero-order valence-electron chi connectivity index (χ0n) is 9.18. The average molecular weight is 269 g/mol. The molecule has 0 aliphatic heterocycles. The third-order valence-electron chi connectivity index (χ3n) is 2.37. The molecule has 18 heavy (non-hydrogen) atoms. The van der Waals surface area contributed by atoms with Gasteiger partial charge in [-0.2, -0.15) is 0 Å². The van der Waals surface area contributed by atoms with Gasteiger partial charge in [-0.25, -0.2) is 4.79 Å². The van der Waals surface area contributed by atoms with Crippen LogP contribution in [0.25, 0.3) is 11.0 Å². The Bertz CT molecular complexity index is 653. The van der Waals surface area contributed by atoms with Crippen molar-refractivity contribution in [3.63, 3.8) is 0 Å². The molecule has 0 amide bonds. The van der Waals surface area contributed by atoms with E-state index in [0.717, 1.165) is 0 Å². The molecule has 1 heterocycles. The number of para-hydroxylation sites is 1. The highest BCUT2D eigenvalue weighted by Crippen LogP contribution is 2.29. The van der Waals surface area contributed by atoms with Crippen LogP contribution in [0.2, 0.25) is 0 Å². The molecule has 1 N–H and O–H groups in total. The standard InChI is InChI=1S/C11H9ClN2O4/c12-5-6-13-9-7-3-1-2-4-8(7)18-11(15)10(9)14(16)17/h1-4,13H,5-6H2. The molecule has 1 aromatic carbocycles. The molecular weight excluding hydrogens is 260 g/mol. The van der Waals surface area contributed by atoms with E-state index in [4.69, 9.17) is 16.0 Å². The minimum absolute atomic E-state index is 0.146. The Morgan fingerprint density at radius 2 is 2.11 bits per heavy atom. The smallest absolute Gasteiger partial charge is 0.417 e. The third-order valence-corrected chi connectivity index (χ3v) is 2.56. The number of rotatable bonds is 4. The summed E-state index contributed by atoms with van der Waals surface area (Å²) in [5, 5.41) is 14.2. The van der Waals surface area contributed by atoms with Gasteiger partial charge in [0.2, 0.25) is 0 Å². The molecule has 0 atom stereocenters. The van der Waals surface area contributed by atoms with Gasteiger partial charge in [-0.05, 0) is 12.1 Å². The normalized spacial score (nSPS) is 10.5. The van der Waals surface area contributed by atoms with E-state index in [1.807, 2.05) is 0 Å². The van der Waals surface area contributed by atoms with Gasteiger partial charge < -0.3 is 9.73 Å². The number of halogens is 1. The molecule has 0 spiro atoms. The SMILES string of the molecule is O=c1oc2ccccc2c(NCCCl)c1[N+](=O)[O-]. The van der Waals surface area contributed by atoms with E-state index in [2.05, 4.69) is 5.32 Å². The van der Waals surface area contributed by atoms with E-state index in [-0.39, 0.29) is 11.6 Å². The van der Waals surface area contributed by atoms with Gasteiger partial charge in [0.15, 0.2) is 0 Å². The Kier molecular flexibility index (Phi) is 3.47. The summed E-state index contributed by atoms with van der Waals surface area (Å²) in [4.78, 5) is 21.7. The maximum absolute atomic E-state index is 11.6. The lowest BCUT2D eigenvalue weighted by atomic mass is 10.2. The van der Waals surface area contributed by atoms with E-state index in [9.17, 15) is 14.9 Å². The Labute approximate surface area is 106 Å². The lowest BCUT2D eigenvalue weighted by Crippen LogP contribution is -2.13. The van der Waals surface area contributed by atoms with Crippen LogP contribution in [-0.4, -0.2) is 17.3 Å². The molecule has 0 saturated heterocycles. The second-order valence-electron chi connectivity index (χ2n) is 3.48. The molecule has 0 aliphatic carbocycles. The number of nitrogens with zero attached hydrogens (tertiary/aromatic N) is 1. The van der Waals surface area contributed by atoms with Gasteiger partial charge >= 0.3 is 11.3 Å². The first-order valence-corrected chi connectivity index (χ1v) is 5.68. The van der Waals surface area contributed by atoms with Crippen LogP contribution < -0.4 is 10.9 Å². The van der Waals surface area contributed by atoms with Crippen molar-refractivity contribution in [1.82, 2.24) is 0 Å². The Hall–Kier alpha value is -2.08. The number of fused-ring (bicyclic) bond motifs is 1. The zero-order valence-corrected chi connectivity index (χ0v) is 9.94. The van der Waals surface area contributed by atoms with Crippen LogP contribution in [0.3, 0.4) is 0 Å². The summed E-state index contributed by atoms with van der Waals surface area (Å²) >= 11 is 5.54. The first kappa shape index (κ1) is 12.4. The second-order valence-corrected chi connectivity index (χ2v) is 3.86. The minimum Gasteiger partial charge on any atom is -0.418 e. The molecular formula is C11H9ClN2O4. The number of hydrogen-bond acceptors (Lipinski definition) is 5. The lowest BCUT2D eigenvalue weighted by molar-refractivity contribution is -0.386. The summed E-state index contributed by atoms with van der Waals surface area (Å²) in [6.07, 6.45) is 0. The molecule has 0 aliphatic rings. The van der Waals surface area contributed by atoms with E-state index >= 15 is 0 Å². The summed E-state index contributed by atoms with van der Waals surface area (Å²) in [6.45, 7) is 0.315. The number of anilines is 1. The predicted octanol–water partition coefficient (Wildman–Crippen LogP) is 2.35. The molecule has 0 fully saturated rings. The fourth-order valence-electron chi connectivity index (χ4n) is 1.66. The van der Waals surface area contributed by atoms with Crippen molar-refractivity contribution in [3.8, 4) is 0 Å². The quantitative estimate of drug-likeness (QED) is 0.398. The Morgan fingerprint density at radius 3 is 2.78 bits per heavy atom. The van der Waals surface area contributed by atoms with Gasteiger partial charge in [0.05, 0.1) is 4.92 Å². The number of hydrogen-bond donors (Lipinski definition) is 1. The van der Waals surface area contributed by atoms with E-state index in [1.165, 1.54) is 0 Å². The molecule has 0 bridgehead atoms. The lowest BCUT2D eigenvalue weighted by Gasteiger charge is -2.07. The van der Waals surface area contributed by atoms with Crippen molar-refractivity contribution >= 4 is 33.9 Å². The first-order valence-electron chi connectivity index (χ1n) is 5.15. The first-order chi connectivity index (χ1) is 8.65. The van der Waals surface area contributed by atoms with Crippen LogP contribution in [0, 0.1) is 10.1 Å². The van der Waals surface area contributed by atoms with Crippen LogP contribution in [0.4, 0.5) is 11.4 Å². The van der Waals surface area contributed by atoms with Crippen molar-refractivity contribution < 1.29 is 9.34 Å². The van der Waals surface area contributed by atoms with Crippen LogP contribution in [0.5, 0.6) is 0 Å². The van der Waals surface area contributed by atoms with Crippen molar-refractivity contribution in [2.75, 3.05) is 17.7 Å². The van der Waals surface area contributed by atoms with Crippen LogP contribution in [0.1, 0.15) is 0 Å². The number of alkyl halides is 1. The summed E-state index contributed by atoms with van der Waals surface area (Å²) in [7, 11) is 0. The maximum Gasteiger partial charge on any atom is 0.417 e. The van der Waals surface area contributed by atoms with Gasteiger partial charge in [0.25, 0.3) is 0 Å². The van der Waals surface area contributed by atoms with Crippen LogP contribution >= 0.6 is 11.6 Å². The number of nitrogens with one attached hydrogen (secondary N) is 1. The number of nitro groups is 1. The van der Waals surface area contributed by atoms with E-state index < -0.39 is 16.2 Å². The molecule has 7 heteroatoms. The molecule has 2 aromatic rings. The zero-order chi connectivity index (χ0) is 13.1. The van der Waals surface area contributed by atoms with Gasteiger partial charge in [-0.3, -0.25) is 10.1 Å². The molecule has 1 aromatic heterocycles. The molecule has 0 radical (unpaired) electrons. The summed E-state index contributed by atoms with van der Waals surface area (Å²) < 4.78 is 4.90. The minimum atomic E-state index is -0.976. The topological polar surface area (TPSA) is 85.4 Å². The van der Waals surface area contributed by atoms with Gasteiger partial charge in [0, 0.05) is 17.8 Å². The monoisotopic (exact) mass is 268 g/mol. The van der Waals surface area contributed by atoms with E-state index in [1.54, 1.807) is 24.3 Å². The van der Waals surface area contributed by atoms with Crippen molar-refractivity contribution in [2.24, 2.45) is 0 Å². The van der Waals surface area contributed by atoms with Crippen molar-refractivity contribution in [3.05, 3.63) is 44.8 Å². The predicted molar refractivity (Wildman–Crippen MR) is 68.3 cm³/mol. The largest absolute Gasteiger partial charge is 0.418 e. The van der Waals surface area contributed by atoms with Gasteiger partial charge in [0.1, 0.15) is 11.3 Å². The fourth-order valence-corrected chi connectivity index (χ4v) is 1.75. The molecule has 94 valence electrons. The highest BCUT2D eigenvalue weighted by Gasteiger charge is 2.24. The third kappa shape index (κ3) is 2.14. The molecule has 6 nitrogen and oxygen atoms in total. The van der Waals surface area contributed by atoms with Crippen molar-refractivity contribution in [2.45, 2.75) is 0 Å². The van der Waals surface area contributed by atoms with Gasteiger partial charge in [-0.15, -0.1) is 11.6 Å². The molecule has 2 rings (SSSR count). The number of benzene rings is 1. The Balaban J connectivity index is 2.76. The summed E-state index contributed by atoms with van der Waals surface area (Å²) in [5.41, 5.74) is -1.13. The maximum atomic E-state index is 11.6. The van der Waals surface area contributed by atoms with Crippen molar-refractivity contribution in [1.29, 1.82) is 0 Å². The average Bonchev–Trinajstić information content (AvgIpc) is 2.34. The second kappa shape index (κ2) is 5.05. The highest BCUT2D eigenvalue weighted by molar-refractivity contribution is 6.18. The van der Waals surface area contributed by atoms with E-state index in [0.29, 0.717) is 17.5 Å². The highest BCUT2D eigenvalue weighted by atomic mass is 35.5. The summed E-state index contributed by atoms with van der Waals surface area (Å²) in [5.74, 6) is 0.270.